The van der Waals surface area contributed by atoms with Gasteiger partial charge in [-0.25, -0.2) is 4.79 Å². The minimum Gasteiger partial charge on any atom is -0.457 e. The monoisotopic (exact) mass is 706 g/mol. The van der Waals surface area contributed by atoms with Gasteiger partial charge in [0.1, 0.15) is 23.4 Å². The van der Waals surface area contributed by atoms with Gasteiger partial charge in [0.25, 0.3) is 0 Å². The van der Waals surface area contributed by atoms with Crippen molar-refractivity contribution in [3.8, 4) is 0 Å². The lowest BCUT2D eigenvalue weighted by Crippen LogP contribution is -2.62. The first-order valence-electron chi connectivity index (χ1n) is 16.9. The van der Waals surface area contributed by atoms with Crippen LogP contribution in [0, 0.1) is 5.92 Å². The van der Waals surface area contributed by atoms with Crippen LogP contribution in [0.2, 0.25) is 18.1 Å². The summed E-state index contributed by atoms with van der Waals surface area (Å²) >= 11 is 1.41. The summed E-state index contributed by atoms with van der Waals surface area (Å²) in [6, 6.07) is 28.1. The molecule has 1 aliphatic rings. The maximum absolute atomic E-state index is 13.6. The molecule has 5 atom stereocenters. The number of esters is 2. The molecule has 0 aliphatic carbocycles. The summed E-state index contributed by atoms with van der Waals surface area (Å²) in [6.45, 7) is 15.0. The second kappa shape index (κ2) is 17.6. The lowest BCUT2D eigenvalue weighted by atomic mass is 9.99. The molecule has 1 aliphatic heterocycles. The molecule has 3 aromatic carbocycles. The zero-order chi connectivity index (χ0) is 35.6. The van der Waals surface area contributed by atoms with E-state index in [0.29, 0.717) is 11.5 Å². The summed E-state index contributed by atoms with van der Waals surface area (Å²) in [7, 11) is -2.35. The summed E-state index contributed by atoms with van der Waals surface area (Å²) in [4.78, 5) is 39.7. The van der Waals surface area contributed by atoms with Gasteiger partial charge in [0, 0.05) is 11.3 Å². The van der Waals surface area contributed by atoms with Gasteiger partial charge in [-0.2, -0.15) is 0 Å². The van der Waals surface area contributed by atoms with Gasteiger partial charge < -0.3 is 28.2 Å². The second-order valence-electron chi connectivity index (χ2n) is 13.8. The molecule has 0 amide bonds. The minimum absolute atomic E-state index is 0.0462. The Labute approximate surface area is 296 Å². The zero-order valence-corrected chi connectivity index (χ0v) is 31.4. The van der Waals surface area contributed by atoms with Gasteiger partial charge in [0.15, 0.2) is 20.5 Å². The molecular formula is C39H50O8SSi. The molecule has 10 heteroatoms. The molecule has 4 rings (SSSR count). The van der Waals surface area contributed by atoms with E-state index in [1.54, 1.807) is 24.3 Å². The molecule has 3 aromatic rings. The van der Waals surface area contributed by atoms with E-state index in [4.69, 9.17) is 23.4 Å². The molecule has 0 spiro atoms. The largest absolute Gasteiger partial charge is 0.457 e. The molecule has 0 unspecified atom stereocenters. The van der Waals surface area contributed by atoms with Crippen LogP contribution in [0.4, 0.5) is 0 Å². The van der Waals surface area contributed by atoms with Crippen molar-refractivity contribution in [2.75, 3.05) is 6.61 Å². The normalized spacial score (nSPS) is 21.3. The Kier molecular flexibility index (Phi) is 13.8. The van der Waals surface area contributed by atoms with Crippen LogP contribution in [-0.4, -0.2) is 62.5 Å². The van der Waals surface area contributed by atoms with E-state index in [1.807, 2.05) is 66.7 Å². The van der Waals surface area contributed by atoms with Crippen molar-refractivity contribution < 1.29 is 37.8 Å². The molecule has 264 valence electrons. The number of hydrogen-bond acceptors (Lipinski definition) is 9. The van der Waals surface area contributed by atoms with Gasteiger partial charge in [-0.05, 0) is 60.8 Å². The number of ketones is 1. The first kappa shape index (κ1) is 38.5. The predicted octanol–water partition coefficient (Wildman–Crippen LogP) is 8.25. The standard InChI is InChI=1S/C39H50O8SSi/c1-27(2)39(4,5)49(6,7)44-26-32-34(46-33(41)24-23-28(3)40)35(43-25-29-17-11-8-12-18-29)36(47-37(42)30-19-13-9-14-20-30)38(45-32)48-31-21-15-10-16-22-31/h8-22,27,32,34-36,38H,23-26H2,1-7H3/t32-,34+,35-,36+,38-/m0/s1. The highest BCUT2D eigenvalue weighted by Crippen LogP contribution is 2.45. The number of Topliss-reactive ketones (excluding diaryl/α,β-unsaturated/α-hetero) is 1. The third kappa shape index (κ3) is 10.6. The third-order valence-corrected chi connectivity index (χ3v) is 15.4. The molecule has 0 N–H and O–H groups in total. The lowest BCUT2D eigenvalue weighted by molar-refractivity contribution is -0.233. The van der Waals surface area contributed by atoms with E-state index in [-0.39, 0.29) is 36.9 Å². The van der Waals surface area contributed by atoms with E-state index in [0.717, 1.165) is 10.5 Å². The number of carbonyl (C=O) groups is 3. The van der Waals surface area contributed by atoms with Crippen molar-refractivity contribution in [2.24, 2.45) is 5.92 Å². The molecule has 0 saturated carbocycles. The Morgan fingerprint density at radius 1 is 0.816 bits per heavy atom. The summed E-state index contributed by atoms with van der Waals surface area (Å²) in [5.41, 5.74) is 0.535. The Balaban J connectivity index is 1.77. The van der Waals surface area contributed by atoms with Gasteiger partial charge in [-0.3, -0.25) is 4.79 Å². The minimum atomic E-state index is -2.35. The van der Waals surface area contributed by atoms with E-state index in [2.05, 4.69) is 40.8 Å². The second-order valence-corrected chi connectivity index (χ2v) is 19.6. The topological polar surface area (TPSA) is 97.4 Å². The maximum Gasteiger partial charge on any atom is 0.338 e. The number of ether oxygens (including phenoxy) is 4. The third-order valence-electron chi connectivity index (χ3n) is 9.68. The molecule has 0 bridgehead atoms. The molecule has 8 nitrogen and oxygen atoms in total. The number of benzene rings is 3. The molecule has 1 saturated heterocycles. The van der Waals surface area contributed by atoms with E-state index in [9.17, 15) is 14.4 Å². The molecule has 0 aromatic heterocycles. The van der Waals surface area contributed by atoms with Crippen molar-refractivity contribution in [2.45, 2.75) is 107 Å². The van der Waals surface area contributed by atoms with E-state index >= 15 is 0 Å². The first-order chi connectivity index (χ1) is 23.3. The molecule has 1 heterocycles. The van der Waals surface area contributed by atoms with Crippen molar-refractivity contribution in [3.63, 3.8) is 0 Å². The fourth-order valence-corrected chi connectivity index (χ4v) is 8.86. The average Bonchev–Trinajstić information content (AvgIpc) is 3.08. The fourth-order valence-electron chi connectivity index (χ4n) is 5.39. The summed E-state index contributed by atoms with van der Waals surface area (Å²) in [6.07, 6.45) is -3.73. The highest BCUT2D eigenvalue weighted by atomic mass is 32.2. The molecular weight excluding hydrogens is 657 g/mol. The molecule has 1 fully saturated rings. The Morgan fingerprint density at radius 3 is 2.00 bits per heavy atom. The van der Waals surface area contributed by atoms with Crippen molar-refractivity contribution >= 4 is 37.8 Å². The van der Waals surface area contributed by atoms with Gasteiger partial charge in [0.05, 0.1) is 25.2 Å². The zero-order valence-electron chi connectivity index (χ0n) is 29.6. The fraction of sp³-hybridized carbons (Fsp3) is 0.462. The Bertz CT molecular complexity index is 1500. The van der Waals surface area contributed by atoms with E-state index < -0.39 is 50.1 Å². The van der Waals surface area contributed by atoms with Gasteiger partial charge >= 0.3 is 11.9 Å². The average molecular weight is 707 g/mol. The molecule has 0 radical (unpaired) electrons. The van der Waals surface area contributed by atoms with Crippen LogP contribution in [0.5, 0.6) is 0 Å². The van der Waals surface area contributed by atoms with Crippen LogP contribution < -0.4 is 0 Å². The number of rotatable bonds is 16. The van der Waals surface area contributed by atoms with Crippen LogP contribution in [-0.2, 0) is 39.6 Å². The lowest BCUT2D eigenvalue weighted by Gasteiger charge is -2.47. The van der Waals surface area contributed by atoms with Crippen molar-refractivity contribution in [3.05, 3.63) is 102 Å². The smallest absolute Gasteiger partial charge is 0.338 e. The number of thioether (sulfide) groups is 1. The number of hydrogen-bond donors (Lipinski definition) is 0. The van der Waals surface area contributed by atoms with Gasteiger partial charge in [0.2, 0.25) is 0 Å². The van der Waals surface area contributed by atoms with Crippen molar-refractivity contribution in [1.29, 1.82) is 0 Å². The van der Waals surface area contributed by atoms with Crippen LogP contribution in [0.3, 0.4) is 0 Å². The summed E-state index contributed by atoms with van der Waals surface area (Å²) in [5, 5.41) is -0.0789. The quantitative estimate of drug-likeness (QED) is 0.108. The van der Waals surface area contributed by atoms with E-state index in [1.165, 1.54) is 18.7 Å². The van der Waals surface area contributed by atoms with Crippen LogP contribution >= 0.6 is 11.8 Å². The van der Waals surface area contributed by atoms with Crippen molar-refractivity contribution in [1.82, 2.24) is 0 Å². The maximum atomic E-state index is 13.6. The Hall–Kier alpha value is -3.28. The van der Waals surface area contributed by atoms with Gasteiger partial charge in [-0.15, -0.1) is 0 Å². The van der Waals surface area contributed by atoms with Crippen LogP contribution in [0.1, 0.15) is 63.4 Å². The summed E-state index contributed by atoms with van der Waals surface area (Å²) < 4.78 is 32.6. The van der Waals surface area contributed by atoms with Gasteiger partial charge in [-0.1, -0.05) is 106 Å². The summed E-state index contributed by atoms with van der Waals surface area (Å²) in [5.74, 6) is -0.869. The molecule has 49 heavy (non-hydrogen) atoms. The highest BCUT2D eigenvalue weighted by molar-refractivity contribution is 7.99. The Morgan fingerprint density at radius 2 is 1.41 bits per heavy atom. The van der Waals surface area contributed by atoms with Crippen LogP contribution in [0.25, 0.3) is 0 Å². The first-order valence-corrected chi connectivity index (χ1v) is 20.7. The predicted molar refractivity (Wildman–Crippen MR) is 194 cm³/mol. The number of carbonyl (C=O) groups excluding carboxylic acids is 3. The highest BCUT2D eigenvalue weighted by Gasteiger charge is 2.53. The van der Waals surface area contributed by atoms with Crippen LogP contribution in [0.15, 0.2) is 95.9 Å². The SMILES string of the molecule is CC(=O)CCC(=O)O[C@H]1[C@H](OCc2ccccc2)[C@@H](OC(=O)c2ccccc2)[C@H](Sc2ccccc2)O[C@H]1CO[Si](C)(C)C(C)(C)C(C)C.